The average Bonchev–Trinajstić information content (AvgIpc) is 3.04. The molecular weight excluding hydrogens is 371 g/mol. The number of fused-ring (bicyclic) bond motifs is 3. The van der Waals surface area contributed by atoms with E-state index in [4.69, 9.17) is 32.9 Å². The van der Waals surface area contributed by atoms with Crippen LogP contribution in [-0.4, -0.2) is 16.7 Å². The van der Waals surface area contributed by atoms with Crippen LogP contribution in [0.3, 0.4) is 0 Å². The number of esters is 1. The number of aliphatic imine (C=N–C) groups is 1. The molecule has 1 aromatic heterocycles. The summed E-state index contributed by atoms with van der Waals surface area (Å²) in [4.78, 5) is 19.5. The number of hydrogen-bond acceptors (Lipinski definition) is 3. The summed E-state index contributed by atoms with van der Waals surface area (Å²) in [7, 11) is 0. The molecule has 0 fully saturated rings. The van der Waals surface area contributed by atoms with Crippen molar-refractivity contribution in [1.82, 2.24) is 4.98 Å². The van der Waals surface area contributed by atoms with Gasteiger partial charge in [0.15, 0.2) is 0 Å². The molecule has 1 unspecified atom stereocenters. The summed E-state index contributed by atoms with van der Waals surface area (Å²) in [5.74, 6) is -0.409. The molecule has 0 radical (unpaired) electrons. The molecule has 1 aliphatic heterocycles. The van der Waals surface area contributed by atoms with E-state index in [0.29, 0.717) is 15.8 Å². The third-order valence-electron chi connectivity index (χ3n) is 4.22. The highest BCUT2D eigenvalue weighted by Gasteiger charge is 2.28. The number of benzene rings is 2. The quantitative estimate of drug-likeness (QED) is 0.601. The van der Waals surface area contributed by atoms with E-state index in [1.807, 2.05) is 42.6 Å². The lowest BCUT2D eigenvalue weighted by Gasteiger charge is -2.14. The second-order valence-electron chi connectivity index (χ2n) is 5.93. The van der Waals surface area contributed by atoms with Crippen LogP contribution in [0.25, 0.3) is 11.1 Å². The van der Waals surface area contributed by atoms with Crippen LogP contribution >= 0.6 is 23.2 Å². The Morgan fingerprint density at radius 3 is 2.62 bits per heavy atom. The van der Waals surface area contributed by atoms with Gasteiger partial charge in [-0.2, -0.15) is 0 Å². The number of rotatable bonds is 2. The molecule has 0 spiro atoms. The van der Waals surface area contributed by atoms with E-state index in [-0.39, 0.29) is 0 Å². The number of H-pyrrole nitrogens is 1. The summed E-state index contributed by atoms with van der Waals surface area (Å²) < 4.78 is 5.49. The van der Waals surface area contributed by atoms with Gasteiger partial charge in [0.05, 0.1) is 5.71 Å². The number of aromatic amines is 1. The first-order valence-electron chi connectivity index (χ1n) is 8.01. The van der Waals surface area contributed by atoms with Gasteiger partial charge in [-0.05, 0) is 23.8 Å². The fourth-order valence-electron chi connectivity index (χ4n) is 3.13. The van der Waals surface area contributed by atoms with Gasteiger partial charge in [0, 0.05) is 51.6 Å². The molecule has 4 nitrogen and oxygen atoms in total. The van der Waals surface area contributed by atoms with E-state index < -0.39 is 12.2 Å². The molecule has 1 atom stereocenters. The van der Waals surface area contributed by atoms with Gasteiger partial charge in [0.25, 0.3) is 0 Å². The first kappa shape index (κ1) is 16.9. The Balaban J connectivity index is 2.03. The summed E-state index contributed by atoms with van der Waals surface area (Å²) in [6.07, 6.45) is 2.88. The number of nitrogens with zero attached hydrogens (tertiary/aromatic N) is 1. The molecular formula is C20H14Cl2N2O2. The molecule has 2 heterocycles. The predicted octanol–water partition coefficient (Wildman–Crippen LogP) is 5.40. The fraction of sp³-hybridized carbons (Fsp3) is 0.100. The molecule has 0 saturated heterocycles. The van der Waals surface area contributed by atoms with E-state index in [1.54, 1.807) is 12.3 Å². The zero-order valence-electron chi connectivity index (χ0n) is 13.8. The first-order chi connectivity index (χ1) is 12.5. The molecule has 0 amide bonds. The molecule has 6 heteroatoms. The van der Waals surface area contributed by atoms with Gasteiger partial charge in [0.1, 0.15) is 0 Å². The molecule has 0 aliphatic carbocycles. The van der Waals surface area contributed by atoms with Crippen LogP contribution in [0.15, 0.2) is 59.9 Å². The Kier molecular flexibility index (Phi) is 4.31. The van der Waals surface area contributed by atoms with Crippen molar-refractivity contribution in [2.75, 3.05) is 0 Å². The summed E-state index contributed by atoms with van der Waals surface area (Å²) in [5.41, 5.74) is 4.86. The zero-order valence-corrected chi connectivity index (χ0v) is 15.3. The number of carbonyl (C=O) groups excluding carboxylic acids is 1. The van der Waals surface area contributed by atoms with Crippen molar-refractivity contribution in [2.24, 2.45) is 4.99 Å². The molecule has 4 rings (SSSR count). The van der Waals surface area contributed by atoms with Crippen LogP contribution in [0, 0.1) is 0 Å². The van der Waals surface area contributed by atoms with E-state index in [9.17, 15) is 4.79 Å². The lowest BCUT2D eigenvalue weighted by Crippen LogP contribution is -2.10. The zero-order chi connectivity index (χ0) is 18.3. The van der Waals surface area contributed by atoms with Crippen molar-refractivity contribution < 1.29 is 9.53 Å². The highest BCUT2D eigenvalue weighted by Crippen LogP contribution is 2.39. The van der Waals surface area contributed by atoms with Crippen molar-refractivity contribution in [2.45, 2.75) is 13.2 Å². The average molecular weight is 385 g/mol. The maximum Gasteiger partial charge on any atom is 0.304 e. The Morgan fingerprint density at radius 2 is 1.85 bits per heavy atom. The van der Waals surface area contributed by atoms with E-state index >= 15 is 0 Å². The minimum Gasteiger partial charge on any atom is -0.435 e. The standard InChI is InChI=1S/C20H14Cl2N2O2/c1-11(25)26-20-17-10-23-9-16(17)13-7-6-12(21)8-15(13)19(24-20)14-4-2-3-5-18(14)22/h2-10,20,23H,1H3. The highest BCUT2D eigenvalue weighted by molar-refractivity contribution is 6.36. The fourth-order valence-corrected chi connectivity index (χ4v) is 3.53. The third kappa shape index (κ3) is 2.91. The normalized spacial score (nSPS) is 15.5. The number of hydrogen-bond donors (Lipinski definition) is 1. The highest BCUT2D eigenvalue weighted by atomic mass is 35.5. The second-order valence-corrected chi connectivity index (χ2v) is 6.78. The number of aromatic nitrogens is 1. The van der Waals surface area contributed by atoms with Crippen LogP contribution in [0.5, 0.6) is 0 Å². The summed E-state index contributed by atoms with van der Waals surface area (Å²) in [6, 6.07) is 13.1. The minimum absolute atomic E-state index is 0.409. The van der Waals surface area contributed by atoms with Crippen LogP contribution < -0.4 is 0 Å². The Labute approximate surface area is 160 Å². The number of halogens is 2. The Hall–Kier alpha value is -2.56. The van der Waals surface area contributed by atoms with Gasteiger partial charge in [0.2, 0.25) is 6.23 Å². The minimum atomic E-state index is -0.772. The first-order valence-corrected chi connectivity index (χ1v) is 8.77. The molecule has 1 aliphatic rings. The van der Waals surface area contributed by atoms with Gasteiger partial charge >= 0.3 is 5.97 Å². The molecule has 3 aromatic rings. The van der Waals surface area contributed by atoms with Crippen molar-refractivity contribution in [1.29, 1.82) is 0 Å². The molecule has 130 valence electrons. The van der Waals surface area contributed by atoms with Crippen LogP contribution in [0.2, 0.25) is 10.0 Å². The summed E-state index contributed by atoms with van der Waals surface area (Å²) in [5, 5.41) is 1.15. The molecule has 0 bridgehead atoms. The lowest BCUT2D eigenvalue weighted by molar-refractivity contribution is -0.146. The number of carbonyl (C=O) groups is 1. The molecule has 2 aromatic carbocycles. The van der Waals surface area contributed by atoms with Crippen LogP contribution in [0.1, 0.15) is 29.8 Å². The van der Waals surface area contributed by atoms with Crippen molar-refractivity contribution in [3.63, 3.8) is 0 Å². The van der Waals surface area contributed by atoms with Gasteiger partial charge in [-0.25, -0.2) is 4.99 Å². The van der Waals surface area contributed by atoms with Crippen LogP contribution in [0.4, 0.5) is 0 Å². The van der Waals surface area contributed by atoms with Crippen LogP contribution in [-0.2, 0) is 9.53 Å². The second kappa shape index (κ2) is 6.63. The SMILES string of the molecule is CC(=O)OC1N=C(c2ccccc2Cl)c2cc(Cl)ccc2-c2c[nH]cc21. The topological polar surface area (TPSA) is 54.4 Å². The van der Waals surface area contributed by atoms with E-state index in [2.05, 4.69) is 4.98 Å². The number of nitrogens with one attached hydrogen (secondary N) is 1. The predicted molar refractivity (Wildman–Crippen MR) is 103 cm³/mol. The molecule has 26 heavy (non-hydrogen) atoms. The largest absolute Gasteiger partial charge is 0.435 e. The summed E-state index contributed by atoms with van der Waals surface area (Å²) >= 11 is 12.7. The molecule has 0 saturated carbocycles. The smallest absolute Gasteiger partial charge is 0.304 e. The Bertz CT molecular complexity index is 1040. The summed E-state index contributed by atoms with van der Waals surface area (Å²) in [6.45, 7) is 1.37. The van der Waals surface area contributed by atoms with E-state index in [1.165, 1.54) is 6.92 Å². The van der Waals surface area contributed by atoms with E-state index in [0.717, 1.165) is 27.8 Å². The van der Waals surface area contributed by atoms with Crippen molar-refractivity contribution in [3.05, 3.63) is 81.6 Å². The monoisotopic (exact) mass is 384 g/mol. The van der Waals surface area contributed by atoms with Crippen molar-refractivity contribution >= 4 is 34.9 Å². The van der Waals surface area contributed by atoms with Gasteiger partial charge in [-0.15, -0.1) is 0 Å². The van der Waals surface area contributed by atoms with Gasteiger partial charge in [-0.1, -0.05) is 47.5 Å². The van der Waals surface area contributed by atoms with Gasteiger partial charge in [-0.3, -0.25) is 4.79 Å². The number of ether oxygens (including phenoxy) is 1. The maximum absolute atomic E-state index is 11.6. The third-order valence-corrected chi connectivity index (χ3v) is 4.79. The lowest BCUT2D eigenvalue weighted by atomic mass is 9.94. The van der Waals surface area contributed by atoms with Gasteiger partial charge < -0.3 is 9.72 Å². The Morgan fingerprint density at radius 1 is 1.04 bits per heavy atom. The maximum atomic E-state index is 11.6. The molecule has 1 N–H and O–H groups in total. The van der Waals surface area contributed by atoms with Crippen molar-refractivity contribution in [3.8, 4) is 11.1 Å².